The summed E-state index contributed by atoms with van der Waals surface area (Å²) in [5, 5.41) is 8.81. The van der Waals surface area contributed by atoms with E-state index in [9.17, 15) is 14.4 Å². The van der Waals surface area contributed by atoms with E-state index in [1.54, 1.807) is 9.80 Å². The van der Waals surface area contributed by atoms with Gasteiger partial charge < -0.3 is 14.9 Å². The number of piperazine rings is 1. The van der Waals surface area contributed by atoms with Gasteiger partial charge in [0, 0.05) is 37.8 Å². The minimum atomic E-state index is -1.13. The van der Waals surface area contributed by atoms with E-state index < -0.39 is 11.4 Å². The summed E-state index contributed by atoms with van der Waals surface area (Å²) in [5.74, 6) is -1.24. The maximum absolute atomic E-state index is 12.4. The molecule has 124 valence electrons. The molecular weight excluding hydrogens is 298 g/mol. The fourth-order valence-corrected chi connectivity index (χ4v) is 2.42. The summed E-state index contributed by atoms with van der Waals surface area (Å²) in [6.45, 7) is 7.56. The van der Waals surface area contributed by atoms with Crippen molar-refractivity contribution in [2.24, 2.45) is 5.41 Å². The molecule has 0 aliphatic carbocycles. The van der Waals surface area contributed by atoms with Gasteiger partial charge in [-0.1, -0.05) is 20.8 Å². The molecule has 7 nitrogen and oxygen atoms in total. The summed E-state index contributed by atoms with van der Waals surface area (Å²) < 4.78 is 0. The number of aromatic carboxylic acids is 1. The highest BCUT2D eigenvalue weighted by Gasteiger charge is 2.31. The first kappa shape index (κ1) is 16.9. The number of hydrogen-bond acceptors (Lipinski definition) is 4. The lowest BCUT2D eigenvalue weighted by Crippen LogP contribution is -2.53. The lowest BCUT2D eigenvalue weighted by molar-refractivity contribution is -0.140. The molecule has 0 unspecified atom stereocenters. The van der Waals surface area contributed by atoms with Crippen molar-refractivity contribution in [3.63, 3.8) is 0 Å². The second-order valence-electron chi connectivity index (χ2n) is 6.57. The van der Waals surface area contributed by atoms with Crippen LogP contribution < -0.4 is 0 Å². The van der Waals surface area contributed by atoms with Gasteiger partial charge >= 0.3 is 5.97 Å². The molecule has 2 heterocycles. The van der Waals surface area contributed by atoms with Crippen molar-refractivity contribution in [3.8, 4) is 0 Å². The zero-order valence-electron chi connectivity index (χ0n) is 13.6. The van der Waals surface area contributed by atoms with Crippen LogP contribution >= 0.6 is 0 Å². The molecule has 0 atom stereocenters. The summed E-state index contributed by atoms with van der Waals surface area (Å²) in [4.78, 5) is 42.6. The van der Waals surface area contributed by atoms with Gasteiger partial charge in [-0.15, -0.1) is 0 Å². The molecule has 0 radical (unpaired) electrons. The highest BCUT2D eigenvalue weighted by Crippen LogP contribution is 2.19. The monoisotopic (exact) mass is 319 g/mol. The average Bonchev–Trinajstić information content (AvgIpc) is 2.53. The first-order valence-electron chi connectivity index (χ1n) is 7.48. The number of carboxylic acids is 1. The maximum Gasteiger partial charge on any atom is 0.354 e. The zero-order chi connectivity index (χ0) is 17.2. The molecule has 1 fully saturated rings. The summed E-state index contributed by atoms with van der Waals surface area (Å²) in [7, 11) is 0. The Morgan fingerprint density at radius 1 is 1.04 bits per heavy atom. The Bertz CT molecular complexity index is 611. The van der Waals surface area contributed by atoms with Gasteiger partial charge in [-0.2, -0.15) is 0 Å². The van der Waals surface area contributed by atoms with Crippen LogP contribution in [0.3, 0.4) is 0 Å². The van der Waals surface area contributed by atoms with Gasteiger partial charge in [0.1, 0.15) is 5.69 Å². The van der Waals surface area contributed by atoms with Crippen LogP contribution in [0.1, 0.15) is 41.6 Å². The van der Waals surface area contributed by atoms with Crippen LogP contribution in [0.25, 0.3) is 0 Å². The number of aromatic nitrogens is 1. The predicted octanol–water partition coefficient (Wildman–Crippen LogP) is 1.11. The van der Waals surface area contributed by atoms with Crippen molar-refractivity contribution in [2.45, 2.75) is 20.8 Å². The van der Waals surface area contributed by atoms with Crippen LogP contribution in [-0.4, -0.2) is 63.9 Å². The molecule has 0 aromatic carbocycles. The smallest absolute Gasteiger partial charge is 0.354 e. The Kier molecular flexibility index (Phi) is 4.68. The second kappa shape index (κ2) is 6.36. The van der Waals surface area contributed by atoms with Crippen LogP contribution in [0.5, 0.6) is 0 Å². The van der Waals surface area contributed by atoms with E-state index in [4.69, 9.17) is 5.11 Å². The summed E-state index contributed by atoms with van der Waals surface area (Å²) in [6.07, 6.45) is 1.28. The quantitative estimate of drug-likeness (QED) is 0.882. The number of hydrogen-bond donors (Lipinski definition) is 1. The maximum atomic E-state index is 12.4. The molecule has 1 aliphatic heterocycles. The molecule has 0 spiro atoms. The third-order valence-electron chi connectivity index (χ3n) is 3.73. The number of carbonyl (C=O) groups is 3. The van der Waals surface area contributed by atoms with Crippen molar-refractivity contribution in [3.05, 3.63) is 29.6 Å². The summed E-state index contributed by atoms with van der Waals surface area (Å²) in [5.41, 5.74) is -0.171. The molecular formula is C16H21N3O4. The molecule has 0 saturated carbocycles. The molecule has 1 saturated heterocycles. The highest BCUT2D eigenvalue weighted by atomic mass is 16.4. The van der Waals surface area contributed by atoms with Gasteiger partial charge in [0.2, 0.25) is 5.91 Å². The number of amides is 2. The van der Waals surface area contributed by atoms with Crippen LogP contribution in [0.2, 0.25) is 0 Å². The highest BCUT2D eigenvalue weighted by molar-refractivity contribution is 5.95. The number of carbonyl (C=O) groups excluding carboxylic acids is 2. The van der Waals surface area contributed by atoms with Gasteiger partial charge in [-0.25, -0.2) is 9.78 Å². The third kappa shape index (κ3) is 3.85. The van der Waals surface area contributed by atoms with Crippen molar-refractivity contribution in [1.29, 1.82) is 0 Å². The first-order valence-corrected chi connectivity index (χ1v) is 7.48. The SMILES string of the molecule is CC(C)(C)C(=O)N1CCN(C(=O)c2ccc(C(=O)O)nc2)CC1. The molecule has 2 amide bonds. The van der Waals surface area contributed by atoms with E-state index in [-0.39, 0.29) is 17.5 Å². The minimum absolute atomic E-state index is 0.0806. The van der Waals surface area contributed by atoms with E-state index in [1.807, 2.05) is 20.8 Å². The van der Waals surface area contributed by atoms with Crippen LogP contribution in [0.4, 0.5) is 0 Å². The second-order valence-corrected chi connectivity index (χ2v) is 6.57. The molecule has 1 N–H and O–H groups in total. The first-order chi connectivity index (χ1) is 10.7. The molecule has 1 aliphatic rings. The Morgan fingerprint density at radius 2 is 1.61 bits per heavy atom. The predicted molar refractivity (Wildman–Crippen MR) is 83.1 cm³/mol. The fraction of sp³-hybridized carbons (Fsp3) is 0.500. The molecule has 7 heteroatoms. The van der Waals surface area contributed by atoms with Crippen LogP contribution in [0, 0.1) is 5.41 Å². The van der Waals surface area contributed by atoms with Crippen molar-refractivity contribution in [1.82, 2.24) is 14.8 Å². The lowest BCUT2D eigenvalue weighted by Gasteiger charge is -2.37. The molecule has 1 aromatic rings. The Balaban J connectivity index is 1.98. The average molecular weight is 319 g/mol. The fourth-order valence-electron chi connectivity index (χ4n) is 2.42. The van der Waals surface area contributed by atoms with Crippen LogP contribution in [0.15, 0.2) is 18.3 Å². The number of nitrogens with zero attached hydrogens (tertiary/aromatic N) is 3. The van der Waals surface area contributed by atoms with E-state index in [0.29, 0.717) is 31.7 Å². The van der Waals surface area contributed by atoms with E-state index in [2.05, 4.69) is 4.98 Å². The van der Waals surface area contributed by atoms with Gasteiger partial charge in [0.15, 0.2) is 0 Å². The summed E-state index contributed by atoms with van der Waals surface area (Å²) in [6, 6.07) is 2.78. The van der Waals surface area contributed by atoms with Gasteiger partial charge in [-0.05, 0) is 12.1 Å². The summed E-state index contributed by atoms with van der Waals surface area (Å²) >= 11 is 0. The number of pyridine rings is 1. The van der Waals surface area contributed by atoms with Crippen molar-refractivity contribution < 1.29 is 19.5 Å². The number of rotatable bonds is 2. The van der Waals surface area contributed by atoms with E-state index in [0.717, 1.165) is 0 Å². The lowest BCUT2D eigenvalue weighted by atomic mass is 9.94. The minimum Gasteiger partial charge on any atom is -0.477 e. The molecule has 2 rings (SSSR count). The Hall–Kier alpha value is -2.44. The normalized spacial score (nSPS) is 15.4. The Labute approximate surface area is 134 Å². The third-order valence-corrected chi connectivity index (χ3v) is 3.73. The van der Waals surface area contributed by atoms with Gasteiger partial charge in [-0.3, -0.25) is 9.59 Å². The zero-order valence-corrected chi connectivity index (χ0v) is 13.6. The largest absolute Gasteiger partial charge is 0.477 e. The van der Waals surface area contributed by atoms with E-state index >= 15 is 0 Å². The topological polar surface area (TPSA) is 90.8 Å². The van der Waals surface area contributed by atoms with Gasteiger partial charge in [0.05, 0.1) is 5.56 Å². The Morgan fingerprint density at radius 3 is 2.04 bits per heavy atom. The molecule has 1 aromatic heterocycles. The molecule has 0 bridgehead atoms. The van der Waals surface area contributed by atoms with Gasteiger partial charge in [0.25, 0.3) is 5.91 Å². The molecule has 23 heavy (non-hydrogen) atoms. The van der Waals surface area contributed by atoms with Crippen LogP contribution in [-0.2, 0) is 4.79 Å². The van der Waals surface area contributed by atoms with Crippen molar-refractivity contribution in [2.75, 3.05) is 26.2 Å². The number of carboxylic acid groups (broad SMARTS) is 1. The van der Waals surface area contributed by atoms with Crippen molar-refractivity contribution >= 4 is 17.8 Å². The standard InChI is InChI=1S/C16H21N3O4/c1-16(2,3)15(23)19-8-6-18(7-9-19)13(20)11-4-5-12(14(21)22)17-10-11/h4-5,10H,6-9H2,1-3H3,(H,21,22). The van der Waals surface area contributed by atoms with E-state index in [1.165, 1.54) is 18.3 Å².